The second kappa shape index (κ2) is 7.63. The maximum atomic E-state index is 14.0. The Balaban J connectivity index is 1.50. The Morgan fingerprint density at radius 3 is 2.81 bits per heavy atom. The van der Waals surface area contributed by atoms with Gasteiger partial charge >= 0.3 is 0 Å². The van der Waals surface area contributed by atoms with E-state index in [9.17, 15) is 14.0 Å². The molecular weight excluding hydrogens is 423 g/mol. The molecule has 5 rings (SSSR count). The highest BCUT2D eigenvalue weighted by Crippen LogP contribution is 2.39. The number of amides is 1. The SMILES string of the molecule is O=C(Cn1c(=O)cc(-c2nc(C3CC3)no2)c2ccccc21)Nc1ccc(Cl)cc1F. The molecule has 0 atom stereocenters. The van der Waals surface area contributed by atoms with Crippen molar-refractivity contribution in [3.63, 3.8) is 0 Å². The fraction of sp³-hybridized carbons (Fsp3) is 0.182. The number of pyridine rings is 1. The summed E-state index contributed by atoms with van der Waals surface area (Å²) in [4.78, 5) is 29.9. The zero-order valence-corrected chi connectivity index (χ0v) is 16.9. The maximum Gasteiger partial charge on any atom is 0.258 e. The fourth-order valence-corrected chi connectivity index (χ4v) is 3.61. The van der Waals surface area contributed by atoms with Gasteiger partial charge in [0.15, 0.2) is 5.82 Å². The molecule has 0 unspecified atom stereocenters. The summed E-state index contributed by atoms with van der Waals surface area (Å²) in [5.41, 5.74) is 0.622. The second-order valence-corrected chi connectivity index (χ2v) is 7.84. The first-order valence-electron chi connectivity index (χ1n) is 9.71. The topological polar surface area (TPSA) is 90.0 Å². The van der Waals surface area contributed by atoms with E-state index in [4.69, 9.17) is 16.1 Å². The molecular formula is C22H16ClFN4O3. The van der Waals surface area contributed by atoms with E-state index in [1.54, 1.807) is 12.1 Å². The van der Waals surface area contributed by atoms with Crippen molar-refractivity contribution in [2.75, 3.05) is 5.32 Å². The van der Waals surface area contributed by atoms with Crippen LogP contribution in [-0.2, 0) is 11.3 Å². The lowest BCUT2D eigenvalue weighted by Gasteiger charge is -2.12. The lowest BCUT2D eigenvalue weighted by molar-refractivity contribution is -0.116. The number of nitrogens with zero attached hydrogens (tertiary/aromatic N) is 3. The second-order valence-electron chi connectivity index (χ2n) is 7.40. The molecule has 1 fully saturated rings. The molecule has 0 aliphatic heterocycles. The van der Waals surface area contributed by atoms with Crippen LogP contribution in [0.2, 0.25) is 5.02 Å². The molecule has 0 bridgehead atoms. The Morgan fingerprint density at radius 1 is 1.23 bits per heavy atom. The van der Waals surface area contributed by atoms with E-state index in [1.807, 2.05) is 12.1 Å². The highest BCUT2D eigenvalue weighted by atomic mass is 35.5. The van der Waals surface area contributed by atoms with Crippen molar-refractivity contribution in [1.29, 1.82) is 0 Å². The van der Waals surface area contributed by atoms with Crippen molar-refractivity contribution in [3.05, 3.63) is 75.5 Å². The monoisotopic (exact) mass is 438 g/mol. The highest BCUT2D eigenvalue weighted by Gasteiger charge is 2.29. The van der Waals surface area contributed by atoms with Crippen molar-refractivity contribution in [2.45, 2.75) is 25.3 Å². The number of anilines is 1. The van der Waals surface area contributed by atoms with Crippen LogP contribution in [0.15, 0.2) is 57.8 Å². The normalized spacial score (nSPS) is 13.5. The third kappa shape index (κ3) is 3.82. The van der Waals surface area contributed by atoms with Crippen molar-refractivity contribution < 1.29 is 13.7 Å². The van der Waals surface area contributed by atoms with Gasteiger partial charge in [-0.15, -0.1) is 0 Å². The van der Waals surface area contributed by atoms with Crippen LogP contribution in [0.25, 0.3) is 22.4 Å². The number of fused-ring (bicyclic) bond motifs is 1. The number of nitrogens with one attached hydrogen (secondary N) is 1. The largest absolute Gasteiger partial charge is 0.334 e. The Hall–Kier alpha value is -3.52. The first-order chi connectivity index (χ1) is 15.0. The van der Waals surface area contributed by atoms with E-state index >= 15 is 0 Å². The zero-order chi connectivity index (χ0) is 21.5. The Bertz CT molecular complexity index is 1380. The molecule has 1 amide bonds. The van der Waals surface area contributed by atoms with Crippen molar-refractivity contribution in [3.8, 4) is 11.5 Å². The van der Waals surface area contributed by atoms with Gasteiger partial charge in [-0.3, -0.25) is 14.2 Å². The van der Waals surface area contributed by atoms with Gasteiger partial charge in [0, 0.05) is 22.4 Å². The number of aromatic nitrogens is 3. The van der Waals surface area contributed by atoms with Gasteiger partial charge in [0.2, 0.25) is 5.91 Å². The number of para-hydroxylation sites is 1. The molecule has 4 aromatic rings. The molecule has 9 heteroatoms. The summed E-state index contributed by atoms with van der Waals surface area (Å²) in [5.74, 6) is 0.0371. The van der Waals surface area contributed by atoms with Gasteiger partial charge in [-0.1, -0.05) is 35.0 Å². The van der Waals surface area contributed by atoms with E-state index in [1.165, 1.54) is 22.8 Å². The van der Waals surface area contributed by atoms with Crippen LogP contribution < -0.4 is 10.9 Å². The average Bonchev–Trinajstić information content (AvgIpc) is 3.49. The van der Waals surface area contributed by atoms with E-state index in [-0.39, 0.29) is 23.1 Å². The standard InChI is InChI=1S/C22H16ClFN4O3/c23-13-7-8-17(16(24)9-13)25-19(29)11-28-18-4-2-1-3-14(18)15(10-20(28)30)22-26-21(27-31-22)12-5-6-12/h1-4,7-10,12H,5-6,11H2,(H,25,29). The Labute approximate surface area is 180 Å². The van der Waals surface area contributed by atoms with Gasteiger partial charge in [-0.05, 0) is 37.1 Å². The summed E-state index contributed by atoms with van der Waals surface area (Å²) in [7, 11) is 0. The number of hydrogen-bond acceptors (Lipinski definition) is 5. The van der Waals surface area contributed by atoms with Gasteiger partial charge in [0.05, 0.1) is 16.8 Å². The lowest BCUT2D eigenvalue weighted by Crippen LogP contribution is -2.28. The predicted octanol–water partition coefficient (Wildman–Crippen LogP) is 4.36. The van der Waals surface area contributed by atoms with Gasteiger partial charge < -0.3 is 9.84 Å². The molecule has 1 aliphatic carbocycles. The number of halogens is 2. The van der Waals surface area contributed by atoms with Gasteiger partial charge in [0.25, 0.3) is 11.4 Å². The van der Waals surface area contributed by atoms with Crippen molar-refractivity contribution in [1.82, 2.24) is 14.7 Å². The van der Waals surface area contributed by atoms with Crippen LogP contribution in [0.4, 0.5) is 10.1 Å². The number of carbonyl (C=O) groups is 1. The molecule has 31 heavy (non-hydrogen) atoms. The third-order valence-corrected chi connectivity index (χ3v) is 5.38. The third-order valence-electron chi connectivity index (χ3n) is 5.14. The minimum Gasteiger partial charge on any atom is -0.334 e. The van der Waals surface area contributed by atoms with Crippen LogP contribution in [0.1, 0.15) is 24.6 Å². The molecule has 2 aromatic heterocycles. The first-order valence-corrected chi connectivity index (χ1v) is 10.1. The number of carbonyl (C=O) groups excluding carboxylic acids is 1. The van der Waals surface area contributed by atoms with E-state index in [2.05, 4.69) is 15.5 Å². The summed E-state index contributed by atoms with van der Waals surface area (Å²) in [6, 6.07) is 12.5. The summed E-state index contributed by atoms with van der Waals surface area (Å²) in [6.07, 6.45) is 2.06. The number of benzene rings is 2. The van der Waals surface area contributed by atoms with Gasteiger partial charge in [-0.25, -0.2) is 4.39 Å². The molecule has 7 nitrogen and oxygen atoms in total. The van der Waals surface area contributed by atoms with Gasteiger partial charge in [0.1, 0.15) is 12.4 Å². The van der Waals surface area contributed by atoms with E-state index in [0.717, 1.165) is 18.9 Å². The first kappa shape index (κ1) is 19.4. The predicted molar refractivity (Wildman–Crippen MR) is 114 cm³/mol. The van der Waals surface area contributed by atoms with Gasteiger partial charge in [-0.2, -0.15) is 4.98 Å². The molecule has 156 valence electrons. The molecule has 0 saturated heterocycles. The van der Waals surface area contributed by atoms with Crippen molar-refractivity contribution >= 4 is 34.1 Å². The van der Waals surface area contributed by atoms with Crippen molar-refractivity contribution in [2.24, 2.45) is 0 Å². The van der Waals surface area contributed by atoms with Crippen LogP contribution in [0.5, 0.6) is 0 Å². The quantitative estimate of drug-likeness (QED) is 0.500. The Morgan fingerprint density at radius 2 is 2.03 bits per heavy atom. The molecule has 0 spiro atoms. The molecule has 0 radical (unpaired) electrons. The highest BCUT2D eigenvalue weighted by molar-refractivity contribution is 6.30. The van der Waals surface area contributed by atoms with Crippen LogP contribution in [0, 0.1) is 5.82 Å². The lowest BCUT2D eigenvalue weighted by atomic mass is 10.1. The number of rotatable bonds is 5. The minimum absolute atomic E-state index is 0.0122. The fourth-order valence-electron chi connectivity index (χ4n) is 3.45. The van der Waals surface area contributed by atoms with E-state index in [0.29, 0.717) is 28.2 Å². The molecule has 1 N–H and O–H groups in total. The zero-order valence-electron chi connectivity index (χ0n) is 16.1. The summed E-state index contributed by atoms with van der Waals surface area (Å²) >= 11 is 5.74. The van der Waals surface area contributed by atoms with Crippen LogP contribution in [0.3, 0.4) is 0 Å². The molecule has 2 aromatic carbocycles. The van der Waals surface area contributed by atoms with Crippen LogP contribution >= 0.6 is 11.6 Å². The molecule has 1 aliphatic rings. The smallest absolute Gasteiger partial charge is 0.258 e. The Kier molecular flexibility index (Phi) is 4.78. The maximum absolute atomic E-state index is 14.0. The summed E-state index contributed by atoms with van der Waals surface area (Å²) in [6.45, 7) is -0.293. The average molecular weight is 439 g/mol. The minimum atomic E-state index is -0.656. The summed E-state index contributed by atoms with van der Waals surface area (Å²) in [5, 5.41) is 7.41. The van der Waals surface area contributed by atoms with E-state index < -0.39 is 17.3 Å². The van der Waals surface area contributed by atoms with Crippen LogP contribution in [-0.4, -0.2) is 20.6 Å². The molecule has 2 heterocycles. The summed E-state index contributed by atoms with van der Waals surface area (Å²) < 4.78 is 20.7. The number of hydrogen-bond donors (Lipinski definition) is 1. The molecule has 1 saturated carbocycles.